The molecule has 0 radical (unpaired) electrons. The highest BCUT2D eigenvalue weighted by molar-refractivity contribution is 6.35. The standard InChI is InChI=1S/C22H26N4O5/c1-30-12-6-11-23-21(28)22(29)26-25-15-18-9-5-10-19(13-18)31-16-20(27)24-14-17-7-3-2-4-8-17/h2-5,7-10,13,15H,6,11-12,14,16H2,1H3,(H,23,28)(H,24,27)(H,26,29)/b25-15-. The summed E-state index contributed by atoms with van der Waals surface area (Å²) in [5, 5.41) is 9.00. The Labute approximate surface area is 180 Å². The first-order valence-electron chi connectivity index (χ1n) is 9.72. The summed E-state index contributed by atoms with van der Waals surface area (Å²) >= 11 is 0. The van der Waals surface area contributed by atoms with Crippen LogP contribution in [0.25, 0.3) is 0 Å². The summed E-state index contributed by atoms with van der Waals surface area (Å²) in [6, 6.07) is 16.4. The van der Waals surface area contributed by atoms with Crippen LogP contribution in [0.2, 0.25) is 0 Å². The van der Waals surface area contributed by atoms with E-state index in [0.717, 1.165) is 5.56 Å². The van der Waals surface area contributed by atoms with Gasteiger partial charge in [-0.25, -0.2) is 5.43 Å². The highest BCUT2D eigenvalue weighted by Gasteiger charge is 2.11. The van der Waals surface area contributed by atoms with E-state index in [0.29, 0.717) is 37.4 Å². The van der Waals surface area contributed by atoms with Crippen LogP contribution in [0.15, 0.2) is 59.7 Å². The molecule has 9 heteroatoms. The molecule has 0 heterocycles. The summed E-state index contributed by atoms with van der Waals surface area (Å²) in [5.41, 5.74) is 3.78. The van der Waals surface area contributed by atoms with Gasteiger partial charge in [-0.3, -0.25) is 14.4 Å². The highest BCUT2D eigenvalue weighted by atomic mass is 16.5. The van der Waals surface area contributed by atoms with Crippen molar-refractivity contribution in [2.24, 2.45) is 5.10 Å². The zero-order chi connectivity index (χ0) is 22.3. The number of nitrogens with one attached hydrogen (secondary N) is 3. The smallest absolute Gasteiger partial charge is 0.329 e. The summed E-state index contributed by atoms with van der Waals surface area (Å²) in [6.07, 6.45) is 1.98. The van der Waals surface area contributed by atoms with Crippen molar-refractivity contribution in [3.05, 3.63) is 65.7 Å². The van der Waals surface area contributed by atoms with Crippen LogP contribution in [-0.2, 0) is 25.7 Å². The van der Waals surface area contributed by atoms with Gasteiger partial charge in [0.25, 0.3) is 5.91 Å². The number of benzene rings is 2. The van der Waals surface area contributed by atoms with Crippen molar-refractivity contribution in [1.82, 2.24) is 16.1 Å². The Balaban J connectivity index is 1.73. The van der Waals surface area contributed by atoms with E-state index in [1.807, 2.05) is 30.3 Å². The van der Waals surface area contributed by atoms with Crippen LogP contribution >= 0.6 is 0 Å². The van der Waals surface area contributed by atoms with Gasteiger partial charge < -0.3 is 20.1 Å². The number of rotatable bonds is 11. The molecule has 0 bridgehead atoms. The minimum absolute atomic E-state index is 0.132. The third-order valence-corrected chi connectivity index (χ3v) is 3.96. The van der Waals surface area contributed by atoms with Gasteiger partial charge in [-0.2, -0.15) is 5.10 Å². The van der Waals surface area contributed by atoms with E-state index in [-0.39, 0.29) is 12.5 Å². The molecule has 31 heavy (non-hydrogen) atoms. The Bertz CT molecular complexity index is 886. The maximum atomic E-state index is 11.9. The number of carbonyl (C=O) groups excluding carboxylic acids is 3. The molecule has 0 aliphatic rings. The first-order valence-corrected chi connectivity index (χ1v) is 9.72. The molecule has 0 unspecified atom stereocenters. The lowest BCUT2D eigenvalue weighted by Crippen LogP contribution is -2.38. The summed E-state index contributed by atoms with van der Waals surface area (Å²) in [7, 11) is 1.56. The van der Waals surface area contributed by atoms with Gasteiger partial charge >= 0.3 is 11.8 Å². The topological polar surface area (TPSA) is 118 Å². The number of nitrogens with zero attached hydrogens (tertiary/aromatic N) is 1. The van der Waals surface area contributed by atoms with E-state index in [1.165, 1.54) is 6.21 Å². The quantitative estimate of drug-likeness (QED) is 0.214. The van der Waals surface area contributed by atoms with Crippen molar-refractivity contribution < 1.29 is 23.9 Å². The van der Waals surface area contributed by atoms with Gasteiger partial charge in [0.15, 0.2) is 6.61 Å². The number of hydrazone groups is 1. The Morgan fingerprint density at radius 1 is 1.00 bits per heavy atom. The molecular formula is C22H26N4O5. The predicted octanol–water partition coefficient (Wildman–Crippen LogP) is 0.985. The van der Waals surface area contributed by atoms with Gasteiger partial charge in [0.2, 0.25) is 0 Å². The van der Waals surface area contributed by atoms with Gasteiger partial charge in [0.1, 0.15) is 5.75 Å². The second-order valence-electron chi connectivity index (χ2n) is 6.42. The van der Waals surface area contributed by atoms with E-state index in [9.17, 15) is 14.4 Å². The van der Waals surface area contributed by atoms with Crippen molar-refractivity contribution in [3.8, 4) is 5.75 Å². The molecule has 0 atom stereocenters. The SMILES string of the molecule is COCCCNC(=O)C(=O)N/N=C\c1cccc(OCC(=O)NCc2ccccc2)c1. The fraction of sp³-hybridized carbons (Fsp3) is 0.273. The highest BCUT2D eigenvalue weighted by Crippen LogP contribution is 2.11. The van der Waals surface area contributed by atoms with Gasteiger partial charge in [0.05, 0.1) is 6.21 Å². The van der Waals surface area contributed by atoms with E-state index in [2.05, 4.69) is 21.2 Å². The maximum absolute atomic E-state index is 11.9. The van der Waals surface area contributed by atoms with Crippen LogP contribution in [0.4, 0.5) is 0 Å². The molecule has 2 aromatic rings. The van der Waals surface area contributed by atoms with E-state index in [4.69, 9.17) is 9.47 Å². The number of methoxy groups -OCH3 is 1. The Kier molecular flexibility index (Phi) is 10.3. The van der Waals surface area contributed by atoms with Crippen LogP contribution in [0.3, 0.4) is 0 Å². The average Bonchev–Trinajstić information content (AvgIpc) is 2.80. The molecule has 0 fully saturated rings. The molecule has 9 nitrogen and oxygen atoms in total. The van der Waals surface area contributed by atoms with Crippen LogP contribution in [0.5, 0.6) is 5.75 Å². The summed E-state index contributed by atoms with van der Waals surface area (Å²) in [4.78, 5) is 35.2. The average molecular weight is 426 g/mol. The van der Waals surface area contributed by atoms with Crippen LogP contribution in [0.1, 0.15) is 17.5 Å². The van der Waals surface area contributed by atoms with Crippen LogP contribution in [0, 0.1) is 0 Å². The van der Waals surface area contributed by atoms with Crippen molar-refractivity contribution in [2.45, 2.75) is 13.0 Å². The molecule has 0 spiro atoms. The fourth-order valence-corrected chi connectivity index (χ4v) is 2.40. The lowest BCUT2D eigenvalue weighted by molar-refractivity contribution is -0.139. The van der Waals surface area contributed by atoms with Crippen molar-refractivity contribution >= 4 is 23.9 Å². The molecule has 0 aliphatic carbocycles. The van der Waals surface area contributed by atoms with Gasteiger partial charge in [0, 0.05) is 26.8 Å². The minimum atomic E-state index is -0.865. The van der Waals surface area contributed by atoms with Gasteiger partial charge in [-0.05, 0) is 29.7 Å². The molecule has 164 valence electrons. The number of hydrogen-bond acceptors (Lipinski definition) is 6. The second-order valence-corrected chi connectivity index (χ2v) is 6.42. The van der Waals surface area contributed by atoms with Crippen molar-refractivity contribution in [3.63, 3.8) is 0 Å². The predicted molar refractivity (Wildman–Crippen MR) is 115 cm³/mol. The van der Waals surface area contributed by atoms with E-state index in [1.54, 1.807) is 31.4 Å². The molecule has 2 rings (SSSR count). The van der Waals surface area contributed by atoms with Crippen LogP contribution < -0.4 is 20.8 Å². The first-order chi connectivity index (χ1) is 15.1. The molecular weight excluding hydrogens is 400 g/mol. The van der Waals surface area contributed by atoms with Crippen molar-refractivity contribution in [1.29, 1.82) is 0 Å². The molecule has 0 saturated heterocycles. The van der Waals surface area contributed by atoms with Gasteiger partial charge in [-0.1, -0.05) is 42.5 Å². The third kappa shape index (κ3) is 9.55. The molecule has 0 aromatic heterocycles. The monoisotopic (exact) mass is 426 g/mol. The number of ether oxygens (including phenoxy) is 2. The number of hydrogen-bond donors (Lipinski definition) is 3. The molecule has 0 saturated carbocycles. The lowest BCUT2D eigenvalue weighted by atomic mass is 10.2. The Morgan fingerprint density at radius 3 is 2.58 bits per heavy atom. The zero-order valence-electron chi connectivity index (χ0n) is 17.3. The molecule has 2 aromatic carbocycles. The van der Waals surface area contributed by atoms with E-state index < -0.39 is 11.8 Å². The van der Waals surface area contributed by atoms with Crippen molar-refractivity contribution in [2.75, 3.05) is 26.9 Å². The Morgan fingerprint density at radius 2 is 1.81 bits per heavy atom. The third-order valence-electron chi connectivity index (χ3n) is 3.96. The summed E-state index contributed by atoms with van der Waals surface area (Å²) < 4.78 is 10.4. The maximum Gasteiger partial charge on any atom is 0.329 e. The van der Waals surface area contributed by atoms with Crippen LogP contribution in [-0.4, -0.2) is 50.8 Å². The lowest BCUT2D eigenvalue weighted by Gasteiger charge is -2.08. The summed E-state index contributed by atoms with van der Waals surface area (Å²) in [6.45, 7) is 1.12. The molecule has 3 amide bonds. The largest absolute Gasteiger partial charge is 0.484 e. The molecule has 0 aliphatic heterocycles. The second kappa shape index (κ2) is 13.5. The first kappa shape index (κ1) is 23.6. The number of carbonyl (C=O) groups is 3. The molecule has 3 N–H and O–H groups in total. The summed E-state index contributed by atoms with van der Waals surface area (Å²) in [5.74, 6) is -1.41. The normalized spacial score (nSPS) is 10.5. The Hall–Kier alpha value is -3.72. The van der Waals surface area contributed by atoms with Gasteiger partial charge in [-0.15, -0.1) is 0 Å². The fourth-order valence-electron chi connectivity index (χ4n) is 2.40. The zero-order valence-corrected chi connectivity index (χ0v) is 17.3. The minimum Gasteiger partial charge on any atom is -0.484 e. The number of amides is 3. The van der Waals surface area contributed by atoms with E-state index >= 15 is 0 Å².